The van der Waals surface area contributed by atoms with Crippen molar-refractivity contribution < 1.29 is 9.50 Å². The fraction of sp³-hybridized carbons (Fsp3) is 0.143. The molecule has 0 heterocycles. The summed E-state index contributed by atoms with van der Waals surface area (Å²) in [6.07, 6.45) is 0.0263. The maximum absolute atomic E-state index is 12.6. The molecule has 0 aliphatic rings. The summed E-state index contributed by atoms with van der Waals surface area (Å²) in [5.41, 5.74) is 0.169. The Hall–Kier alpha value is -0.985. The molecule has 0 saturated heterocycles. The van der Waals surface area contributed by atoms with E-state index >= 15 is 0 Å². The van der Waals surface area contributed by atoms with Gasteiger partial charge in [0.1, 0.15) is 11.6 Å². The number of aromatic hydroxyl groups is 1. The van der Waals surface area contributed by atoms with Crippen LogP contribution in [0.1, 0.15) is 5.56 Å². The van der Waals surface area contributed by atoms with Crippen LogP contribution in [-0.2, 0) is 6.32 Å². The van der Waals surface area contributed by atoms with Gasteiger partial charge >= 0.3 is 0 Å². The lowest BCUT2D eigenvalue weighted by Crippen LogP contribution is -1.89. The van der Waals surface area contributed by atoms with Crippen molar-refractivity contribution in [3.05, 3.63) is 29.6 Å². The number of halogens is 1. The summed E-state index contributed by atoms with van der Waals surface area (Å²) in [6.45, 7) is 0. The lowest BCUT2D eigenvalue weighted by molar-refractivity contribution is 0.462. The average molecular weight is 136 g/mol. The molecule has 1 nitrogen and oxygen atoms in total. The molecule has 2 radical (unpaired) electrons. The quantitative estimate of drug-likeness (QED) is 0.575. The van der Waals surface area contributed by atoms with Crippen LogP contribution in [-0.4, -0.2) is 13.0 Å². The van der Waals surface area contributed by atoms with Gasteiger partial charge in [0.05, 0.1) is 7.85 Å². The van der Waals surface area contributed by atoms with Gasteiger partial charge in [-0.05, 0) is 12.1 Å². The SMILES string of the molecule is [B]Cc1c(O)cccc1F. The van der Waals surface area contributed by atoms with Crippen LogP contribution in [0.3, 0.4) is 0 Å². The zero-order valence-corrected chi connectivity index (χ0v) is 5.34. The maximum atomic E-state index is 12.6. The minimum Gasteiger partial charge on any atom is -0.508 e. The topological polar surface area (TPSA) is 20.2 Å². The molecular formula is C7H6BFO. The van der Waals surface area contributed by atoms with E-state index in [1.807, 2.05) is 0 Å². The van der Waals surface area contributed by atoms with E-state index in [0.717, 1.165) is 0 Å². The Morgan fingerprint density at radius 1 is 1.50 bits per heavy atom. The van der Waals surface area contributed by atoms with Crippen LogP contribution in [0.2, 0.25) is 0 Å². The highest BCUT2D eigenvalue weighted by Crippen LogP contribution is 2.18. The Morgan fingerprint density at radius 2 is 2.20 bits per heavy atom. The first-order valence-electron chi connectivity index (χ1n) is 2.92. The summed E-state index contributed by atoms with van der Waals surface area (Å²) in [7, 11) is 5.15. The lowest BCUT2D eigenvalue weighted by Gasteiger charge is -2.00. The van der Waals surface area contributed by atoms with Crippen molar-refractivity contribution in [2.24, 2.45) is 0 Å². The van der Waals surface area contributed by atoms with Crippen molar-refractivity contribution >= 4 is 7.85 Å². The lowest BCUT2D eigenvalue weighted by atomic mass is 9.96. The van der Waals surface area contributed by atoms with Crippen LogP contribution in [0.5, 0.6) is 5.75 Å². The molecule has 1 N–H and O–H groups in total. The third-order valence-corrected chi connectivity index (χ3v) is 1.30. The third kappa shape index (κ3) is 1.13. The first-order valence-corrected chi connectivity index (χ1v) is 2.92. The van der Waals surface area contributed by atoms with Crippen molar-refractivity contribution in [2.45, 2.75) is 6.32 Å². The maximum Gasteiger partial charge on any atom is 0.129 e. The van der Waals surface area contributed by atoms with E-state index in [4.69, 9.17) is 13.0 Å². The van der Waals surface area contributed by atoms with E-state index < -0.39 is 5.82 Å². The molecule has 0 spiro atoms. The fourth-order valence-corrected chi connectivity index (χ4v) is 0.749. The van der Waals surface area contributed by atoms with Gasteiger partial charge in [0.2, 0.25) is 0 Å². The van der Waals surface area contributed by atoms with E-state index in [1.54, 1.807) is 0 Å². The van der Waals surface area contributed by atoms with E-state index in [2.05, 4.69) is 0 Å². The zero-order valence-electron chi connectivity index (χ0n) is 5.34. The Labute approximate surface area is 59.9 Å². The molecule has 0 aromatic heterocycles. The number of phenolic OH excluding ortho intramolecular Hbond substituents is 1. The van der Waals surface area contributed by atoms with Crippen LogP contribution in [0, 0.1) is 5.82 Å². The first-order chi connectivity index (χ1) is 4.75. The van der Waals surface area contributed by atoms with Crippen molar-refractivity contribution in [2.75, 3.05) is 0 Å². The Bertz CT molecular complexity index is 217. The minimum atomic E-state index is -0.456. The normalized spacial score (nSPS) is 9.70. The van der Waals surface area contributed by atoms with E-state index in [1.165, 1.54) is 18.2 Å². The summed E-state index contributed by atoms with van der Waals surface area (Å²) in [5.74, 6) is -0.537. The second-order valence-corrected chi connectivity index (χ2v) is 1.94. The molecule has 0 aliphatic carbocycles. The number of hydrogen-bond donors (Lipinski definition) is 1. The standard InChI is InChI=1S/C7H6BFO/c8-4-5-6(9)2-1-3-7(5)10/h1-3,10H,4H2. The monoisotopic (exact) mass is 136 g/mol. The smallest absolute Gasteiger partial charge is 0.129 e. The number of rotatable bonds is 1. The minimum absolute atomic E-state index is 0.0263. The summed E-state index contributed by atoms with van der Waals surface area (Å²) >= 11 is 0. The Balaban J connectivity index is 3.17. The molecule has 0 amide bonds. The molecule has 0 bridgehead atoms. The zero-order chi connectivity index (χ0) is 7.56. The third-order valence-electron chi connectivity index (χ3n) is 1.30. The van der Waals surface area contributed by atoms with Gasteiger partial charge in [0.25, 0.3) is 0 Å². The Kier molecular flexibility index (Phi) is 1.95. The van der Waals surface area contributed by atoms with Crippen molar-refractivity contribution in [1.29, 1.82) is 0 Å². The van der Waals surface area contributed by atoms with Gasteiger partial charge in [-0.15, -0.1) is 0 Å². The molecule has 1 aromatic rings. The molecule has 0 unspecified atom stereocenters. The Morgan fingerprint density at radius 3 is 2.60 bits per heavy atom. The highest BCUT2D eigenvalue weighted by atomic mass is 19.1. The van der Waals surface area contributed by atoms with Crippen LogP contribution in [0.25, 0.3) is 0 Å². The molecule has 10 heavy (non-hydrogen) atoms. The van der Waals surface area contributed by atoms with Crippen molar-refractivity contribution in [3.63, 3.8) is 0 Å². The molecule has 1 aromatic carbocycles. The fourth-order valence-electron chi connectivity index (χ4n) is 0.749. The summed E-state index contributed by atoms with van der Waals surface area (Å²) in [4.78, 5) is 0. The van der Waals surface area contributed by atoms with Crippen LogP contribution in [0.4, 0.5) is 4.39 Å². The number of hydrogen-bond acceptors (Lipinski definition) is 1. The second kappa shape index (κ2) is 2.73. The van der Waals surface area contributed by atoms with Crippen LogP contribution < -0.4 is 0 Å². The second-order valence-electron chi connectivity index (χ2n) is 1.94. The summed E-state index contributed by atoms with van der Waals surface area (Å²) in [5, 5.41) is 8.97. The largest absolute Gasteiger partial charge is 0.508 e. The van der Waals surface area contributed by atoms with Gasteiger partial charge in [0.15, 0.2) is 0 Å². The van der Waals surface area contributed by atoms with Gasteiger partial charge in [-0.2, -0.15) is 0 Å². The molecule has 0 fully saturated rings. The molecule has 1 rings (SSSR count). The number of benzene rings is 1. The number of phenols is 1. The van der Waals surface area contributed by atoms with Crippen LogP contribution >= 0.6 is 0 Å². The summed E-state index contributed by atoms with van der Waals surface area (Å²) in [6, 6.07) is 4.11. The van der Waals surface area contributed by atoms with E-state index in [-0.39, 0.29) is 17.6 Å². The first kappa shape index (κ1) is 7.13. The summed E-state index contributed by atoms with van der Waals surface area (Å²) < 4.78 is 12.6. The molecule has 0 atom stereocenters. The molecular weight excluding hydrogens is 130 g/mol. The molecule has 3 heteroatoms. The van der Waals surface area contributed by atoms with Crippen molar-refractivity contribution in [1.82, 2.24) is 0 Å². The predicted molar refractivity (Wildman–Crippen MR) is 37.5 cm³/mol. The van der Waals surface area contributed by atoms with Gasteiger partial charge in [0, 0.05) is 5.56 Å². The molecule has 50 valence electrons. The van der Waals surface area contributed by atoms with Gasteiger partial charge in [-0.3, -0.25) is 0 Å². The van der Waals surface area contributed by atoms with E-state index in [0.29, 0.717) is 0 Å². The predicted octanol–water partition coefficient (Wildman–Crippen LogP) is 1.20. The van der Waals surface area contributed by atoms with E-state index in [9.17, 15) is 4.39 Å². The van der Waals surface area contributed by atoms with Gasteiger partial charge in [-0.1, -0.05) is 12.4 Å². The van der Waals surface area contributed by atoms with Crippen LogP contribution in [0.15, 0.2) is 18.2 Å². The average Bonchev–Trinajstić information content (AvgIpc) is 1.88. The molecule has 0 aliphatic heterocycles. The highest BCUT2D eigenvalue weighted by Gasteiger charge is 2.02. The highest BCUT2D eigenvalue weighted by molar-refractivity contribution is 6.08. The van der Waals surface area contributed by atoms with Gasteiger partial charge in [-0.25, -0.2) is 4.39 Å². The van der Waals surface area contributed by atoms with Gasteiger partial charge < -0.3 is 5.11 Å². The van der Waals surface area contributed by atoms with Crippen molar-refractivity contribution in [3.8, 4) is 5.75 Å². The molecule has 0 saturated carbocycles.